The SMILES string of the molecule is CCCCCCCC1CCc2c(ccc3c2CCC(C(=O)Oc2ccc(C#N)cc2)C3)C1. The fourth-order valence-corrected chi connectivity index (χ4v) is 5.52. The van der Waals surface area contributed by atoms with Crippen LogP contribution < -0.4 is 4.74 Å². The molecule has 4 rings (SSSR count). The first kappa shape index (κ1) is 22.6. The van der Waals surface area contributed by atoms with Gasteiger partial charge in [0.25, 0.3) is 0 Å². The molecular weight excluding hydrogens is 394 g/mol. The summed E-state index contributed by atoms with van der Waals surface area (Å²) in [7, 11) is 0. The van der Waals surface area contributed by atoms with Crippen LogP contribution in [0.15, 0.2) is 36.4 Å². The summed E-state index contributed by atoms with van der Waals surface area (Å²) in [5.74, 6) is 1.13. The van der Waals surface area contributed by atoms with Crippen molar-refractivity contribution in [3.8, 4) is 11.8 Å². The molecule has 2 atom stereocenters. The Morgan fingerprint density at radius 3 is 2.34 bits per heavy atom. The molecule has 0 aromatic heterocycles. The van der Waals surface area contributed by atoms with Gasteiger partial charge in [-0.2, -0.15) is 5.26 Å². The van der Waals surface area contributed by atoms with Crippen molar-refractivity contribution in [2.45, 2.75) is 84.0 Å². The van der Waals surface area contributed by atoms with Crippen LogP contribution >= 0.6 is 0 Å². The van der Waals surface area contributed by atoms with Crippen LogP contribution in [0, 0.1) is 23.2 Å². The monoisotopic (exact) mass is 429 g/mol. The van der Waals surface area contributed by atoms with Crippen molar-refractivity contribution in [1.82, 2.24) is 0 Å². The molecule has 0 aliphatic heterocycles. The lowest BCUT2D eigenvalue weighted by Crippen LogP contribution is -2.28. The second-order valence-electron chi connectivity index (χ2n) is 9.65. The van der Waals surface area contributed by atoms with Gasteiger partial charge in [0.2, 0.25) is 0 Å². The van der Waals surface area contributed by atoms with E-state index in [9.17, 15) is 4.79 Å². The molecule has 2 aromatic carbocycles. The summed E-state index contributed by atoms with van der Waals surface area (Å²) in [6.45, 7) is 2.28. The molecule has 2 unspecified atom stereocenters. The molecule has 0 spiro atoms. The predicted molar refractivity (Wildman–Crippen MR) is 128 cm³/mol. The third kappa shape index (κ3) is 5.41. The fourth-order valence-electron chi connectivity index (χ4n) is 5.52. The number of hydrogen-bond acceptors (Lipinski definition) is 3. The van der Waals surface area contributed by atoms with Crippen molar-refractivity contribution in [1.29, 1.82) is 5.26 Å². The van der Waals surface area contributed by atoms with E-state index in [0.717, 1.165) is 25.2 Å². The van der Waals surface area contributed by atoms with Crippen molar-refractivity contribution >= 4 is 5.97 Å². The summed E-state index contributed by atoms with van der Waals surface area (Å²) in [5.41, 5.74) is 6.58. The number of nitriles is 1. The summed E-state index contributed by atoms with van der Waals surface area (Å²) < 4.78 is 5.61. The highest BCUT2D eigenvalue weighted by Crippen LogP contribution is 2.37. The number of esters is 1. The van der Waals surface area contributed by atoms with Crippen LogP contribution in [0.1, 0.15) is 86.1 Å². The number of carbonyl (C=O) groups is 1. The van der Waals surface area contributed by atoms with Crippen molar-refractivity contribution in [2.24, 2.45) is 11.8 Å². The molecule has 3 heteroatoms. The van der Waals surface area contributed by atoms with Crippen LogP contribution in [-0.4, -0.2) is 5.97 Å². The van der Waals surface area contributed by atoms with Crippen LogP contribution in [0.4, 0.5) is 0 Å². The van der Waals surface area contributed by atoms with Gasteiger partial charge in [-0.05, 0) is 91.0 Å². The lowest BCUT2D eigenvalue weighted by Gasteiger charge is -2.31. The van der Waals surface area contributed by atoms with E-state index in [1.807, 2.05) is 0 Å². The number of benzene rings is 2. The smallest absolute Gasteiger partial charge is 0.314 e. The maximum atomic E-state index is 12.7. The second-order valence-corrected chi connectivity index (χ2v) is 9.65. The number of carbonyl (C=O) groups excluding carboxylic acids is 1. The third-order valence-corrected chi connectivity index (χ3v) is 7.40. The van der Waals surface area contributed by atoms with E-state index in [1.54, 1.807) is 35.4 Å². The van der Waals surface area contributed by atoms with Gasteiger partial charge in [0, 0.05) is 0 Å². The number of ether oxygens (including phenoxy) is 1. The van der Waals surface area contributed by atoms with Gasteiger partial charge in [0.15, 0.2) is 0 Å². The Bertz CT molecular complexity index is 970. The summed E-state index contributed by atoms with van der Waals surface area (Å²) in [5, 5.41) is 8.91. The molecule has 2 aromatic rings. The summed E-state index contributed by atoms with van der Waals surface area (Å²) >= 11 is 0. The molecule has 0 radical (unpaired) electrons. The first-order valence-corrected chi connectivity index (χ1v) is 12.5. The third-order valence-electron chi connectivity index (χ3n) is 7.40. The van der Waals surface area contributed by atoms with E-state index >= 15 is 0 Å². The first-order valence-electron chi connectivity index (χ1n) is 12.5. The van der Waals surface area contributed by atoms with Crippen molar-refractivity contribution in [3.63, 3.8) is 0 Å². The van der Waals surface area contributed by atoms with Crippen molar-refractivity contribution in [3.05, 3.63) is 64.2 Å². The largest absolute Gasteiger partial charge is 0.426 e. The molecule has 0 bridgehead atoms. The minimum atomic E-state index is -0.152. The summed E-state index contributed by atoms with van der Waals surface area (Å²) in [6.07, 6.45) is 14.6. The normalized spacial score (nSPS) is 19.5. The van der Waals surface area contributed by atoms with Gasteiger partial charge in [-0.15, -0.1) is 0 Å². The number of nitrogens with zero attached hydrogens (tertiary/aromatic N) is 1. The molecule has 2 aliphatic rings. The molecule has 0 amide bonds. The molecule has 0 fully saturated rings. The molecule has 0 saturated carbocycles. The standard InChI is InChI=1S/C29H35NO2/c1-2-3-4-5-6-7-21-10-16-27-23(18-21)11-12-24-19-25(13-17-28(24)27)29(31)32-26-14-8-22(20-30)9-15-26/h8-9,11-12,14-15,21,25H,2-7,10,13,16-19H2,1H3. The Kier molecular flexibility index (Phi) is 7.63. The van der Waals surface area contributed by atoms with Crippen LogP contribution in [0.25, 0.3) is 0 Å². The van der Waals surface area contributed by atoms with E-state index in [-0.39, 0.29) is 11.9 Å². The van der Waals surface area contributed by atoms with E-state index in [2.05, 4.69) is 25.1 Å². The molecule has 168 valence electrons. The lowest BCUT2D eigenvalue weighted by atomic mass is 9.74. The van der Waals surface area contributed by atoms with Gasteiger partial charge < -0.3 is 4.74 Å². The zero-order valence-electron chi connectivity index (χ0n) is 19.4. The minimum absolute atomic E-state index is 0.0874. The second kappa shape index (κ2) is 10.8. The Labute approximate surface area is 192 Å². The highest BCUT2D eigenvalue weighted by Gasteiger charge is 2.30. The molecule has 32 heavy (non-hydrogen) atoms. The highest BCUT2D eigenvalue weighted by atomic mass is 16.5. The van der Waals surface area contributed by atoms with Gasteiger partial charge in [-0.25, -0.2) is 0 Å². The van der Waals surface area contributed by atoms with Crippen molar-refractivity contribution < 1.29 is 9.53 Å². The van der Waals surface area contributed by atoms with Crippen LogP contribution in [0.3, 0.4) is 0 Å². The first-order chi connectivity index (χ1) is 15.7. The van der Waals surface area contributed by atoms with E-state index in [0.29, 0.717) is 11.3 Å². The average molecular weight is 430 g/mol. The number of rotatable bonds is 8. The van der Waals surface area contributed by atoms with E-state index < -0.39 is 0 Å². The number of hydrogen-bond donors (Lipinski definition) is 0. The minimum Gasteiger partial charge on any atom is -0.426 e. The van der Waals surface area contributed by atoms with Gasteiger partial charge in [-0.3, -0.25) is 4.79 Å². The van der Waals surface area contributed by atoms with Gasteiger partial charge in [0.1, 0.15) is 5.75 Å². The van der Waals surface area contributed by atoms with E-state index in [4.69, 9.17) is 10.00 Å². The maximum absolute atomic E-state index is 12.7. The molecule has 2 aliphatic carbocycles. The molecule has 0 heterocycles. The molecule has 3 nitrogen and oxygen atoms in total. The van der Waals surface area contributed by atoms with Crippen molar-refractivity contribution in [2.75, 3.05) is 0 Å². The molecule has 0 saturated heterocycles. The lowest BCUT2D eigenvalue weighted by molar-refractivity contribution is -0.139. The molecular formula is C29H35NO2. The number of fused-ring (bicyclic) bond motifs is 3. The zero-order valence-corrected chi connectivity index (χ0v) is 19.4. The van der Waals surface area contributed by atoms with Crippen LogP contribution in [0.2, 0.25) is 0 Å². The Morgan fingerprint density at radius 1 is 0.938 bits per heavy atom. The zero-order chi connectivity index (χ0) is 22.3. The Hall–Kier alpha value is -2.60. The fraction of sp³-hybridized carbons (Fsp3) is 0.517. The van der Waals surface area contributed by atoms with E-state index in [1.165, 1.54) is 68.9 Å². The number of unbranched alkanes of at least 4 members (excludes halogenated alkanes) is 4. The molecule has 0 N–H and O–H groups in total. The Balaban J connectivity index is 1.34. The summed E-state index contributed by atoms with van der Waals surface area (Å²) in [4.78, 5) is 12.7. The van der Waals surface area contributed by atoms with Crippen LogP contribution in [0.5, 0.6) is 5.75 Å². The van der Waals surface area contributed by atoms with Crippen LogP contribution in [-0.2, 0) is 30.5 Å². The quantitative estimate of drug-likeness (QED) is 0.265. The predicted octanol–water partition coefficient (Wildman–Crippen LogP) is 6.73. The summed E-state index contributed by atoms with van der Waals surface area (Å²) in [6, 6.07) is 13.5. The maximum Gasteiger partial charge on any atom is 0.314 e. The van der Waals surface area contributed by atoms with Gasteiger partial charge in [0.05, 0.1) is 17.6 Å². The topological polar surface area (TPSA) is 50.1 Å². The highest BCUT2D eigenvalue weighted by molar-refractivity contribution is 5.76. The van der Waals surface area contributed by atoms with Gasteiger partial charge in [-0.1, -0.05) is 57.6 Å². The average Bonchev–Trinajstić information content (AvgIpc) is 2.83. The Morgan fingerprint density at radius 2 is 1.62 bits per heavy atom. The van der Waals surface area contributed by atoms with Gasteiger partial charge >= 0.3 is 5.97 Å².